The molecule has 4 aliphatic heterocycles. The molecule has 10 nitrogen and oxygen atoms in total. The quantitative estimate of drug-likeness (QED) is 0.0166. The third-order valence-corrected chi connectivity index (χ3v) is 23.9. The van der Waals surface area contributed by atoms with Crippen LogP contribution in [0.2, 0.25) is 0 Å². The number of aryl methyl sites for hydroxylation is 2. The van der Waals surface area contributed by atoms with E-state index in [0.717, 1.165) is 192 Å². The molecule has 2 unspecified atom stereocenters. The number of amides is 2. The van der Waals surface area contributed by atoms with E-state index < -0.39 is 0 Å². The minimum absolute atomic E-state index is 0.0612. The normalized spacial score (nSPS) is 14.8. The number of aromatic amines is 2. The second kappa shape index (κ2) is 43.9. The Morgan fingerprint density at radius 2 is 0.811 bits per heavy atom. The molecular formula is C92H120N6O4S4. The number of rotatable bonds is 42. The van der Waals surface area contributed by atoms with E-state index in [9.17, 15) is 9.59 Å². The van der Waals surface area contributed by atoms with Crippen LogP contribution in [0.5, 0.6) is 11.5 Å². The van der Waals surface area contributed by atoms with Gasteiger partial charge in [0.1, 0.15) is 20.1 Å². The van der Waals surface area contributed by atoms with E-state index in [2.05, 4.69) is 162 Å². The summed E-state index contributed by atoms with van der Waals surface area (Å²) in [6.07, 6.45) is 49.6. The van der Waals surface area contributed by atoms with Gasteiger partial charge in [-0.3, -0.25) is 19.4 Å². The lowest BCUT2D eigenvalue weighted by molar-refractivity contribution is -0.122. The number of thioether (sulfide) groups is 2. The van der Waals surface area contributed by atoms with Crippen molar-refractivity contribution in [1.82, 2.24) is 29.7 Å². The Labute approximate surface area is 655 Å². The van der Waals surface area contributed by atoms with Gasteiger partial charge in [-0.25, -0.2) is 9.97 Å². The highest BCUT2D eigenvalue weighted by Gasteiger charge is 2.33. The van der Waals surface area contributed by atoms with Gasteiger partial charge in [0, 0.05) is 46.4 Å². The SMILES string of the molecule is CCCCCCCCC(CCCCCC)c1c2nc(c(C#Cc3cc(OCCCCCC)c(/C=C4\SC(=S)N(CC)C4=O)cc3C)c3nc(c(C(CCCCCC)CCCCCCCC)c4ccc([nH]4)c(C#Cc4cc(C)c(/C=C5\SC(=S)N(CC)C5=O)cc4OCCCCCC)c4ccc1[nH]4)C=C3)C=C2. The molecule has 2 N–H and O–H groups in total. The van der Waals surface area contributed by atoms with Crippen LogP contribution in [0.15, 0.2) is 58.3 Å². The molecule has 2 fully saturated rings. The number of carbonyl (C=O) groups is 2. The highest BCUT2D eigenvalue weighted by molar-refractivity contribution is 8.27. The van der Waals surface area contributed by atoms with Crippen LogP contribution < -0.4 is 9.47 Å². The number of unbranched alkanes of at least 4 members (excludes halogenated alkanes) is 22. The summed E-state index contributed by atoms with van der Waals surface area (Å²) in [5.41, 5.74) is 16.8. The summed E-state index contributed by atoms with van der Waals surface area (Å²) < 4.78 is 14.7. The molecule has 106 heavy (non-hydrogen) atoms. The van der Waals surface area contributed by atoms with E-state index in [4.69, 9.17) is 43.9 Å². The Morgan fingerprint density at radius 1 is 0.425 bits per heavy atom. The maximum absolute atomic E-state index is 13.7. The van der Waals surface area contributed by atoms with Crippen molar-refractivity contribution in [3.8, 4) is 35.2 Å². The average Bonchev–Trinajstić information content (AvgIpc) is 1.64. The van der Waals surface area contributed by atoms with Crippen LogP contribution >= 0.6 is 48.0 Å². The number of H-pyrrole nitrogens is 2. The first-order valence-electron chi connectivity index (χ1n) is 41.0. The lowest BCUT2D eigenvalue weighted by atomic mass is 9.87. The van der Waals surface area contributed by atoms with Crippen molar-refractivity contribution in [2.24, 2.45) is 0 Å². The molecule has 0 radical (unpaired) electrons. The van der Waals surface area contributed by atoms with Crippen molar-refractivity contribution in [1.29, 1.82) is 0 Å². The zero-order chi connectivity index (χ0) is 75.2. The highest BCUT2D eigenvalue weighted by Crippen LogP contribution is 2.41. The fourth-order valence-corrected chi connectivity index (χ4v) is 17.6. The van der Waals surface area contributed by atoms with Crippen LogP contribution in [-0.2, 0) is 9.59 Å². The topological polar surface area (TPSA) is 116 Å². The Bertz CT molecular complexity index is 4150. The van der Waals surface area contributed by atoms with Gasteiger partial charge in [-0.15, -0.1) is 0 Å². The average molecular weight is 1500 g/mol. The second-order valence-corrected chi connectivity index (χ2v) is 32.7. The molecule has 0 saturated carbocycles. The summed E-state index contributed by atoms with van der Waals surface area (Å²) >= 11 is 14.1. The molecule has 5 aromatic rings. The number of thiocarbonyl (C=S) groups is 2. The molecule has 9 rings (SSSR count). The predicted octanol–water partition coefficient (Wildman–Crippen LogP) is 26.0. The van der Waals surface area contributed by atoms with Crippen LogP contribution in [0, 0.1) is 37.5 Å². The van der Waals surface area contributed by atoms with E-state index in [-0.39, 0.29) is 23.7 Å². The van der Waals surface area contributed by atoms with Crippen LogP contribution in [0.4, 0.5) is 0 Å². The maximum Gasteiger partial charge on any atom is 0.266 e. The summed E-state index contributed by atoms with van der Waals surface area (Å²) in [6, 6.07) is 17.5. The number of aromatic nitrogens is 4. The lowest BCUT2D eigenvalue weighted by Crippen LogP contribution is -2.27. The third-order valence-electron chi connectivity index (χ3n) is 21.1. The summed E-state index contributed by atoms with van der Waals surface area (Å²) in [5, 5.41) is 0. The van der Waals surface area contributed by atoms with Crippen molar-refractivity contribution in [3.63, 3.8) is 0 Å². The van der Waals surface area contributed by atoms with Crippen molar-refractivity contribution in [2.75, 3.05) is 26.3 Å². The van der Waals surface area contributed by atoms with Gasteiger partial charge in [0.05, 0.1) is 73.5 Å². The van der Waals surface area contributed by atoms with Crippen LogP contribution in [0.25, 0.3) is 58.5 Å². The number of ether oxygens (including phenoxy) is 2. The largest absolute Gasteiger partial charge is 0.493 e. The zero-order valence-corrected chi connectivity index (χ0v) is 69.0. The summed E-state index contributed by atoms with van der Waals surface area (Å²) in [4.78, 5) is 51.7. The Kier molecular flexibility index (Phi) is 34.4. The fraction of sp³-hybridized carbons (Fsp3) is 0.522. The van der Waals surface area contributed by atoms with Gasteiger partial charge in [-0.2, -0.15) is 0 Å². The molecule has 2 atom stereocenters. The highest BCUT2D eigenvalue weighted by atomic mass is 32.2. The number of hydrogen-bond acceptors (Lipinski definition) is 10. The number of benzene rings is 2. The molecule has 3 aromatic heterocycles. The number of hydrogen-bond donors (Lipinski definition) is 2. The smallest absolute Gasteiger partial charge is 0.266 e. The fourth-order valence-electron chi connectivity index (χ4n) is 14.9. The molecular weight excluding hydrogens is 1380 g/mol. The molecule has 0 aliphatic carbocycles. The number of carbonyl (C=O) groups excluding carboxylic acids is 2. The first-order valence-corrected chi connectivity index (χ1v) is 43.5. The first-order chi connectivity index (χ1) is 51.8. The first kappa shape index (κ1) is 83.1. The van der Waals surface area contributed by atoms with Crippen molar-refractivity contribution in [2.45, 2.75) is 287 Å². The summed E-state index contributed by atoms with van der Waals surface area (Å²) in [7, 11) is 0. The Balaban J connectivity index is 1.33. The molecule has 8 bridgehead atoms. The van der Waals surface area contributed by atoms with Gasteiger partial charge in [0.15, 0.2) is 0 Å². The lowest BCUT2D eigenvalue weighted by Gasteiger charge is -2.19. The van der Waals surface area contributed by atoms with Crippen molar-refractivity contribution < 1.29 is 19.1 Å². The van der Waals surface area contributed by atoms with Crippen molar-refractivity contribution in [3.05, 3.63) is 137 Å². The van der Waals surface area contributed by atoms with Gasteiger partial charge in [0.2, 0.25) is 0 Å². The minimum Gasteiger partial charge on any atom is -0.493 e. The van der Waals surface area contributed by atoms with Gasteiger partial charge in [-0.1, -0.05) is 280 Å². The minimum atomic E-state index is -0.0736. The number of nitrogens with one attached hydrogen (secondary N) is 2. The monoisotopic (exact) mass is 1500 g/mol. The van der Waals surface area contributed by atoms with Crippen LogP contribution in [-0.4, -0.2) is 76.5 Å². The van der Waals surface area contributed by atoms with E-state index in [1.54, 1.807) is 9.80 Å². The number of fused-ring (bicyclic) bond motifs is 8. The van der Waals surface area contributed by atoms with Gasteiger partial charge in [-0.05, 0) is 180 Å². The molecule has 14 heteroatoms. The Hall–Kier alpha value is -6.94. The molecule has 2 aromatic carbocycles. The van der Waals surface area contributed by atoms with E-state index >= 15 is 0 Å². The van der Waals surface area contributed by atoms with Gasteiger partial charge in [0.25, 0.3) is 11.8 Å². The maximum atomic E-state index is 13.7. The molecule has 2 amide bonds. The molecule has 7 heterocycles. The van der Waals surface area contributed by atoms with E-state index in [1.807, 2.05) is 26.0 Å². The zero-order valence-electron chi connectivity index (χ0n) is 65.7. The van der Waals surface area contributed by atoms with E-state index in [1.165, 1.54) is 137 Å². The number of nitrogens with zero attached hydrogens (tertiary/aromatic N) is 4. The van der Waals surface area contributed by atoms with Gasteiger partial charge >= 0.3 is 0 Å². The number of likely N-dealkylation sites (N-methyl/N-ethyl adjacent to an activating group) is 2. The molecule has 566 valence electrons. The summed E-state index contributed by atoms with van der Waals surface area (Å²) in [6.45, 7) is 23.9. The van der Waals surface area contributed by atoms with E-state index in [0.29, 0.717) is 56.3 Å². The molecule has 4 aliphatic rings. The predicted molar refractivity (Wildman–Crippen MR) is 463 cm³/mol. The second-order valence-electron chi connectivity index (χ2n) is 29.4. The summed E-state index contributed by atoms with van der Waals surface area (Å²) in [5.74, 6) is 16.8. The standard InChI is InChI=1S/C92H120N6O4S4/c1-11-19-25-31-33-37-43-67(41-35-27-21-13-3)87-79-53-49-75(93-79)73(47-45-69-61-84(102-58-40-30-24-16-6)72(60-65(69)9)64-86-90(100)98(18-8)92(104)106-86)76-50-54-80(94-76)88(68(42-36-28-22-14-4)44-38-34-32-26-20-12-2)82-56-52-78(96-82)74(77-51-55-81(87)95-77)48-46-70-59-66(10)71(62-83(70)101-57-39-29-23-15-5)63-85-89(99)97(17-7)91(103)105-85/h49-56,59-64,67-68,95-96H,11-44,57-58H2,1-10H3/b75-73?,76-73?,77-74?,78-74?,85-63-,86-64-,87-79?,87-81?,88-80?,88-82?. The third kappa shape index (κ3) is 23.1. The Morgan fingerprint density at radius 3 is 1.26 bits per heavy atom. The molecule has 0 spiro atoms. The van der Waals surface area contributed by atoms with Gasteiger partial charge < -0.3 is 19.4 Å². The van der Waals surface area contributed by atoms with Crippen molar-refractivity contribution >= 4 is 127 Å². The molecule has 2 saturated heterocycles. The van der Waals surface area contributed by atoms with Crippen LogP contribution in [0.1, 0.15) is 351 Å². The van der Waals surface area contributed by atoms with Crippen LogP contribution in [0.3, 0.4) is 0 Å².